The molecule has 1 unspecified atom stereocenters. The fourth-order valence-corrected chi connectivity index (χ4v) is 3.50. The van der Waals surface area contributed by atoms with Gasteiger partial charge < -0.3 is 5.32 Å². The Morgan fingerprint density at radius 3 is 1.96 bits per heavy atom. The topological polar surface area (TPSA) is 12.0 Å². The zero-order chi connectivity index (χ0) is 17.3. The van der Waals surface area contributed by atoms with Crippen molar-refractivity contribution in [3.8, 4) is 0 Å². The van der Waals surface area contributed by atoms with Crippen molar-refractivity contribution in [1.82, 2.24) is 0 Å². The standard InChI is InChI=1S/C14H21N.C10H8/c1-2-3-4-5-9-13-11-12-8-6-7-10-14(12)15-13;1-2-6-10-8-4-3-7-9(10)5-1/h6-8,10,13,15H,2-5,9,11H2,1H3;1-8H. The largest absolute Gasteiger partial charge is 0.382 e. The molecule has 1 N–H and O–H groups in total. The summed E-state index contributed by atoms with van der Waals surface area (Å²) in [5.74, 6) is 0. The van der Waals surface area contributed by atoms with Gasteiger partial charge in [-0.15, -0.1) is 0 Å². The quantitative estimate of drug-likeness (QED) is 0.505. The summed E-state index contributed by atoms with van der Waals surface area (Å²) in [6.07, 6.45) is 8.04. The van der Waals surface area contributed by atoms with Crippen LogP contribution in [-0.2, 0) is 6.42 Å². The van der Waals surface area contributed by atoms with Crippen LogP contribution in [0, 0.1) is 0 Å². The third kappa shape index (κ3) is 5.09. The molecule has 1 atom stereocenters. The first-order valence-electron chi connectivity index (χ1n) is 9.65. The average molecular weight is 332 g/mol. The zero-order valence-corrected chi connectivity index (χ0v) is 15.2. The molecule has 4 rings (SSSR count). The van der Waals surface area contributed by atoms with E-state index in [1.807, 2.05) is 0 Å². The van der Waals surface area contributed by atoms with Gasteiger partial charge in [-0.1, -0.05) is 99.3 Å². The molecule has 0 amide bonds. The van der Waals surface area contributed by atoms with Crippen molar-refractivity contribution in [2.75, 3.05) is 5.32 Å². The van der Waals surface area contributed by atoms with Gasteiger partial charge in [-0.05, 0) is 35.2 Å². The molecule has 1 nitrogen and oxygen atoms in total. The minimum atomic E-state index is 0.694. The number of benzene rings is 3. The van der Waals surface area contributed by atoms with Gasteiger partial charge in [-0.3, -0.25) is 0 Å². The van der Waals surface area contributed by atoms with E-state index < -0.39 is 0 Å². The Hall–Kier alpha value is -2.28. The number of rotatable bonds is 5. The van der Waals surface area contributed by atoms with E-state index in [0.717, 1.165) is 0 Å². The summed E-state index contributed by atoms with van der Waals surface area (Å²) in [5, 5.41) is 6.23. The summed E-state index contributed by atoms with van der Waals surface area (Å²) in [6.45, 7) is 2.27. The van der Waals surface area contributed by atoms with Crippen LogP contribution in [0.1, 0.15) is 44.6 Å². The molecule has 1 aliphatic rings. The lowest BCUT2D eigenvalue weighted by molar-refractivity contribution is 0.580. The predicted octanol–water partition coefficient (Wildman–Crippen LogP) is 6.83. The van der Waals surface area contributed by atoms with E-state index in [9.17, 15) is 0 Å². The normalized spacial score (nSPS) is 15.2. The molecule has 1 heteroatoms. The molecule has 130 valence electrons. The third-order valence-corrected chi connectivity index (χ3v) is 4.91. The monoisotopic (exact) mass is 331 g/mol. The van der Waals surface area contributed by atoms with E-state index in [0.29, 0.717) is 6.04 Å². The minimum Gasteiger partial charge on any atom is -0.382 e. The predicted molar refractivity (Wildman–Crippen MR) is 110 cm³/mol. The highest BCUT2D eigenvalue weighted by atomic mass is 14.9. The molecule has 0 spiro atoms. The van der Waals surface area contributed by atoms with E-state index in [1.54, 1.807) is 0 Å². The van der Waals surface area contributed by atoms with Gasteiger partial charge in [0.15, 0.2) is 0 Å². The van der Waals surface area contributed by atoms with Crippen molar-refractivity contribution in [2.45, 2.75) is 51.5 Å². The highest BCUT2D eigenvalue weighted by Gasteiger charge is 2.18. The van der Waals surface area contributed by atoms with Gasteiger partial charge in [0.05, 0.1) is 0 Å². The van der Waals surface area contributed by atoms with E-state index >= 15 is 0 Å². The molecule has 1 aliphatic heterocycles. The second kappa shape index (κ2) is 9.27. The maximum atomic E-state index is 3.61. The lowest BCUT2D eigenvalue weighted by atomic mass is 10.0. The van der Waals surface area contributed by atoms with Crippen LogP contribution < -0.4 is 5.32 Å². The number of anilines is 1. The molecule has 3 aromatic rings. The van der Waals surface area contributed by atoms with Crippen molar-refractivity contribution in [3.05, 3.63) is 78.4 Å². The van der Waals surface area contributed by atoms with Crippen molar-refractivity contribution in [1.29, 1.82) is 0 Å². The summed E-state index contributed by atoms with van der Waals surface area (Å²) in [6, 6.07) is 26.1. The number of hydrogen-bond acceptors (Lipinski definition) is 1. The van der Waals surface area contributed by atoms with Gasteiger partial charge in [-0.2, -0.15) is 0 Å². The van der Waals surface area contributed by atoms with Crippen molar-refractivity contribution < 1.29 is 0 Å². The van der Waals surface area contributed by atoms with Crippen molar-refractivity contribution in [2.24, 2.45) is 0 Å². The fraction of sp³-hybridized carbons (Fsp3) is 0.333. The lowest BCUT2D eigenvalue weighted by Crippen LogP contribution is -2.14. The van der Waals surface area contributed by atoms with Gasteiger partial charge in [0, 0.05) is 11.7 Å². The van der Waals surface area contributed by atoms with E-state index in [-0.39, 0.29) is 0 Å². The van der Waals surface area contributed by atoms with Crippen LogP contribution >= 0.6 is 0 Å². The Morgan fingerprint density at radius 1 is 0.760 bits per heavy atom. The molecule has 0 aliphatic carbocycles. The summed E-state index contributed by atoms with van der Waals surface area (Å²) in [4.78, 5) is 0. The maximum Gasteiger partial charge on any atom is 0.0375 e. The third-order valence-electron chi connectivity index (χ3n) is 4.91. The number of fused-ring (bicyclic) bond motifs is 2. The van der Waals surface area contributed by atoms with Gasteiger partial charge in [0.2, 0.25) is 0 Å². The summed E-state index contributed by atoms with van der Waals surface area (Å²) in [5.41, 5.74) is 2.86. The Kier molecular flexibility index (Phi) is 6.50. The number of nitrogens with one attached hydrogen (secondary N) is 1. The molecular formula is C24H29N. The summed E-state index contributed by atoms with van der Waals surface area (Å²) < 4.78 is 0. The Balaban J connectivity index is 0.000000157. The molecule has 0 bridgehead atoms. The molecule has 0 aromatic heterocycles. The number of para-hydroxylation sites is 1. The molecule has 0 saturated carbocycles. The summed E-state index contributed by atoms with van der Waals surface area (Å²) >= 11 is 0. The van der Waals surface area contributed by atoms with E-state index in [4.69, 9.17) is 0 Å². The Morgan fingerprint density at radius 2 is 1.36 bits per heavy atom. The highest BCUT2D eigenvalue weighted by Crippen LogP contribution is 2.27. The van der Waals surface area contributed by atoms with E-state index in [2.05, 4.69) is 85.0 Å². The van der Waals surface area contributed by atoms with Gasteiger partial charge in [-0.25, -0.2) is 0 Å². The Labute approximate surface area is 152 Å². The van der Waals surface area contributed by atoms with Crippen LogP contribution in [0.5, 0.6) is 0 Å². The van der Waals surface area contributed by atoms with Crippen molar-refractivity contribution in [3.63, 3.8) is 0 Å². The van der Waals surface area contributed by atoms with Crippen molar-refractivity contribution >= 4 is 16.5 Å². The van der Waals surface area contributed by atoms with Gasteiger partial charge in [0.25, 0.3) is 0 Å². The smallest absolute Gasteiger partial charge is 0.0375 e. The molecule has 0 saturated heterocycles. The lowest BCUT2D eigenvalue weighted by Gasteiger charge is -2.10. The average Bonchev–Trinajstić information content (AvgIpc) is 3.09. The first-order chi connectivity index (χ1) is 12.4. The SMILES string of the molecule is CCCCCCC1Cc2ccccc2N1.c1ccc2ccccc2c1. The molecule has 25 heavy (non-hydrogen) atoms. The summed E-state index contributed by atoms with van der Waals surface area (Å²) in [7, 11) is 0. The molecule has 3 aromatic carbocycles. The van der Waals surface area contributed by atoms with Crippen LogP contribution in [-0.4, -0.2) is 6.04 Å². The maximum absolute atomic E-state index is 3.61. The number of unbranched alkanes of at least 4 members (excludes halogenated alkanes) is 3. The minimum absolute atomic E-state index is 0.694. The molecular weight excluding hydrogens is 302 g/mol. The molecule has 0 radical (unpaired) electrons. The van der Waals surface area contributed by atoms with E-state index in [1.165, 1.54) is 60.5 Å². The fourth-order valence-electron chi connectivity index (χ4n) is 3.50. The molecule has 1 heterocycles. The van der Waals surface area contributed by atoms with Crippen LogP contribution in [0.15, 0.2) is 72.8 Å². The zero-order valence-electron chi connectivity index (χ0n) is 15.2. The van der Waals surface area contributed by atoms with Gasteiger partial charge in [0.1, 0.15) is 0 Å². The van der Waals surface area contributed by atoms with Gasteiger partial charge >= 0.3 is 0 Å². The second-order valence-corrected chi connectivity index (χ2v) is 6.90. The molecule has 0 fully saturated rings. The second-order valence-electron chi connectivity index (χ2n) is 6.90. The number of hydrogen-bond donors (Lipinski definition) is 1. The van der Waals surface area contributed by atoms with Crippen LogP contribution in [0.3, 0.4) is 0 Å². The first-order valence-corrected chi connectivity index (χ1v) is 9.65. The van der Waals surface area contributed by atoms with Crippen LogP contribution in [0.2, 0.25) is 0 Å². The van der Waals surface area contributed by atoms with Crippen LogP contribution in [0.25, 0.3) is 10.8 Å². The van der Waals surface area contributed by atoms with Crippen LogP contribution in [0.4, 0.5) is 5.69 Å². The highest BCUT2D eigenvalue weighted by molar-refractivity contribution is 5.82. The Bertz CT molecular complexity index is 687. The first kappa shape index (κ1) is 17.5.